The van der Waals surface area contributed by atoms with Crippen molar-refractivity contribution in [3.8, 4) is 0 Å². The van der Waals surface area contributed by atoms with Gasteiger partial charge in [0.25, 0.3) is 0 Å². The summed E-state index contributed by atoms with van der Waals surface area (Å²) in [5.41, 5.74) is 9.20. The Bertz CT molecular complexity index is 563. The zero-order chi connectivity index (χ0) is 14.5. The molecule has 2 aromatic carbocycles. The topological polar surface area (TPSA) is 26.0 Å². The fourth-order valence-corrected chi connectivity index (χ4v) is 2.56. The van der Waals surface area contributed by atoms with Crippen molar-refractivity contribution in [2.45, 2.75) is 32.2 Å². The highest BCUT2D eigenvalue weighted by Gasteiger charge is 2.12. The number of nitrogens with two attached hydrogens (primary N) is 1. The van der Waals surface area contributed by atoms with Gasteiger partial charge in [-0.25, -0.2) is 4.39 Å². The van der Waals surface area contributed by atoms with Crippen LogP contribution >= 0.6 is 11.6 Å². The van der Waals surface area contributed by atoms with Gasteiger partial charge in [0.15, 0.2) is 0 Å². The predicted molar refractivity (Wildman–Crippen MR) is 82.6 cm³/mol. The van der Waals surface area contributed by atoms with Crippen LogP contribution in [0, 0.1) is 12.7 Å². The Balaban J connectivity index is 1.96. The minimum absolute atomic E-state index is 0.0935. The maximum atomic E-state index is 13.7. The van der Waals surface area contributed by atoms with Crippen molar-refractivity contribution in [1.82, 2.24) is 0 Å². The average molecular weight is 292 g/mol. The van der Waals surface area contributed by atoms with Gasteiger partial charge in [0.05, 0.1) is 0 Å². The number of benzene rings is 2. The van der Waals surface area contributed by atoms with Gasteiger partial charge in [-0.2, -0.15) is 0 Å². The molecule has 0 saturated carbocycles. The minimum atomic E-state index is -0.274. The molecule has 0 radical (unpaired) electrons. The van der Waals surface area contributed by atoms with Crippen molar-refractivity contribution in [1.29, 1.82) is 0 Å². The van der Waals surface area contributed by atoms with Crippen molar-refractivity contribution < 1.29 is 4.39 Å². The number of hydrogen-bond donors (Lipinski definition) is 1. The van der Waals surface area contributed by atoms with Gasteiger partial charge in [0, 0.05) is 16.6 Å². The van der Waals surface area contributed by atoms with Gasteiger partial charge in [-0.3, -0.25) is 0 Å². The fraction of sp³-hybridized carbons (Fsp3) is 0.294. The zero-order valence-corrected chi connectivity index (χ0v) is 12.3. The quantitative estimate of drug-likeness (QED) is 0.874. The molecule has 0 amide bonds. The lowest BCUT2D eigenvalue weighted by atomic mass is 9.97. The maximum absolute atomic E-state index is 13.7. The van der Waals surface area contributed by atoms with E-state index in [1.54, 1.807) is 12.1 Å². The molecule has 3 heteroatoms. The molecule has 2 rings (SSSR count). The van der Waals surface area contributed by atoms with Crippen LogP contribution in [0.4, 0.5) is 4.39 Å². The second-order valence-electron chi connectivity index (χ2n) is 5.13. The first-order valence-corrected chi connectivity index (χ1v) is 7.18. The van der Waals surface area contributed by atoms with Crippen molar-refractivity contribution in [3.63, 3.8) is 0 Å². The van der Waals surface area contributed by atoms with E-state index >= 15 is 0 Å². The fourth-order valence-electron chi connectivity index (χ4n) is 2.32. The Hall–Kier alpha value is -1.38. The SMILES string of the molecule is Cc1ccccc1CCC(N)Cc1c(F)cccc1Cl. The molecule has 0 heterocycles. The maximum Gasteiger partial charge on any atom is 0.127 e. The Morgan fingerprint density at radius 2 is 1.90 bits per heavy atom. The van der Waals surface area contributed by atoms with Crippen LogP contribution in [0.15, 0.2) is 42.5 Å². The van der Waals surface area contributed by atoms with Gasteiger partial charge in [-0.05, 0) is 49.4 Å². The van der Waals surface area contributed by atoms with Crippen molar-refractivity contribution in [2.24, 2.45) is 5.73 Å². The molecule has 0 aliphatic carbocycles. The molecule has 1 unspecified atom stereocenters. The summed E-state index contributed by atoms with van der Waals surface area (Å²) in [6.45, 7) is 2.09. The molecule has 2 aromatic rings. The monoisotopic (exact) mass is 291 g/mol. The van der Waals surface area contributed by atoms with Crippen LogP contribution in [0.25, 0.3) is 0 Å². The molecule has 106 valence electrons. The van der Waals surface area contributed by atoms with Crippen LogP contribution < -0.4 is 5.73 Å². The predicted octanol–water partition coefficient (Wildman–Crippen LogP) is 4.29. The number of aryl methyl sites for hydroxylation is 2. The summed E-state index contributed by atoms with van der Waals surface area (Å²) in [7, 11) is 0. The van der Waals surface area contributed by atoms with Crippen LogP contribution in [0.2, 0.25) is 5.02 Å². The van der Waals surface area contributed by atoms with E-state index in [1.165, 1.54) is 17.2 Å². The third-order valence-electron chi connectivity index (χ3n) is 3.57. The van der Waals surface area contributed by atoms with Crippen LogP contribution in [-0.2, 0) is 12.8 Å². The van der Waals surface area contributed by atoms with Crippen molar-refractivity contribution in [2.75, 3.05) is 0 Å². The molecule has 0 aliphatic rings. The second-order valence-corrected chi connectivity index (χ2v) is 5.54. The molecule has 1 nitrogen and oxygen atoms in total. The van der Waals surface area contributed by atoms with E-state index in [4.69, 9.17) is 17.3 Å². The lowest BCUT2D eigenvalue weighted by Gasteiger charge is -2.14. The summed E-state index contributed by atoms with van der Waals surface area (Å²) >= 11 is 6.02. The summed E-state index contributed by atoms with van der Waals surface area (Å²) in [5, 5.41) is 0.455. The molecule has 1 atom stereocenters. The summed E-state index contributed by atoms with van der Waals surface area (Å²) in [6.07, 6.45) is 2.19. The highest BCUT2D eigenvalue weighted by molar-refractivity contribution is 6.31. The van der Waals surface area contributed by atoms with Crippen LogP contribution in [-0.4, -0.2) is 6.04 Å². The van der Waals surface area contributed by atoms with E-state index in [2.05, 4.69) is 19.1 Å². The van der Waals surface area contributed by atoms with Gasteiger partial charge >= 0.3 is 0 Å². The highest BCUT2D eigenvalue weighted by Crippen LogP contribution is 2.21. The van der Waals surface area contributed by atoms with Crippen LogP contribution in [0.3, 0.4) is 0 Å². The Morgan fingerprint density at radius 1 is 1.15 bits per heavy atom. The molecule has 0 bridgehead atoms. The summed E-state index contributed by atoms with van der Waals surface area (Å²) in [5.74, 6) is -0.274. The molecule has 0 aliphatic heterocycles. The average Bonchev–Trinajstić information content (AvgIpc) is 2.42. The first-order valence-electron chi connectivity index (χ1n) is 6.81. The first kappa shape index (κ1) is 15.0. The Kier molecular flexibility index (Phi) is 5.16. The van der Waals surface area contributed by atoms with E-state index < -0.39 is 0 Å². The molecule has 2 N–H and O–H groups in total. The summed E-state index contributed by atoms with van der Waals surface area (Å²) < 4.78 is 13.7. The molecule has 20 heavy (non-hydrogen) atoms. The van der Waals surface area contributed by atoms with E-state index in [9.17, 15) is 4.39 Å². The standard InChI is InChI=1S/C17H19ClFN/c1-12-5-2-3-6-13(12)9-10-14(20)11-15-16(18)7-4-8-17(15)19/h2-8,14H,9-11,20H2,1H3. The van der Waals surface area contributed by atoms with E-state index in [-0.39, 0.29) is 11.9 Å². The van der Waals surface area contributed by atoms with Gasteiger partial charge in [-0.1, -0.05) is 41.9 Å². The lowest BCUT2D eigenvalue weighted by molar-refractivity contribution is 0.566. The zero-order valence-electron chi connectivity index (χ0n) is 11.6. The van der Waals surface area contributed by atoms with Gasteiger partial charge in [0.1, 0.15) is 5.82 Å². The first-order chi connectivity index (χ1) is 9.58. The van der Waals surface area contributed by atoms with Crippen molar-refractivity contribution in [3.05, 3.63) is 70.0 Å². The number of hydrogen-bond acceptors (Lipinski definition) is 1. The lowest BCUT2D eigenvalue weighted by Crippen LogP contribution is -2.24. The largest absolute Gasteiger partial charge is 0.327 e. The highest BCUT2D eigenvalue weighted by atomic mass is 35.5. The molecule has 0 aromatic heterocycles. The number of halogens is 2. The minimum Gasteiger partial charge on any atom is -0.327 e. The van der Waals surface area contributed by atoms with Crippen molar-refractivity contribution >= 4 is 11.6 Å². The Labute approximate surface area is 124 Å². The molecular weight excluding hydrogens is 273 g/mol. The third-order valence-corrected chi connectivity index (χ3v) is 3.93. The smallest absolute Gasteiger partial charge is 0.127 e. The number of rotatable bonds is 5. The molecule has 0 fully saturated rings. The van der Waals surface area contributed by atoms with Gasteiger partial charge in [-0.15, -0.1) is 0 Å². The second kappa shape index (κ2) is 6.87. The third kappa shape index (κ3) is 3.81. The van der Waals surface area contributed by atoms with Crippen LogP contribution in [0.1, 0.15) is 23.1 Å². The molecular formula is C17H19ClFN. The van der Waals surface area contributed by atoms with E-state index in [0.717, 1.165) is 12.8 Å². The summed E-state index contributed by atoms with van der Waals surface area (Å²) in [6, 6.07) is 12.9. The van der Waals surface area contributed by atoms with Gasteiger partial charge in [0.2, 0.25) is 0 Å². The van der Waals surface area contributed by atoms with E-state index in [0.29, 0.717) is 17.0 Å². The Morgan fingerprint density at radius 3 is 2.60 bits per heavy atom. The van der Waals surface area contributed by atoms with E-state index in [1.807, 2.05) is 12.1 Å². The molecule has 0 spiro atoms. The van der Waals surface area contributed by atoms with Crippen LogP contribution in [0.5, 0.6) is 0 Å². The molecule has 0 saturated heterocycles. The summed E-state index contributed by atoms with van der Waals surface area (Å²) in [4.78, 5) is 0. The normalized spacial score (nSPS) is 12.4. The van der Waals surface area contributed by atoms with Gasteiger partial charge < -0.3 is 5.73 Å².